The SMILES string of the molecule is C#CCn1c(C)cc(CN2CCNCC2)c1C. The Morgan fingerprint density at radius 2 is 2.06 bits per heavy atom. The molecule has 0 amide bonds. The van der Waals surface area contributed by atoms with Gasteiger partial charge >= 0.3 is 0 Å². The molecule has 0 saturated carbocycles. The summed E-state index contributed by atoms with van der Waals surface area (Å²) < 4.78 is 2.22. The van der Waals surface area contributed by atoms with Crippen molar-refractivity contribution in [2.75, 3.05) is 26.2 Å². The molecule has 0 spiro atoms. The van der Waals surface area contributed by atoms with Crippen molar-refractivity contribution in [1.82, 2.24) is 14.8 Å². The van der Waals surface area contributed by atoms with Crippen LogP contribution in [0.15, 0.2) is 6.07 Å². The lowest BCUT2D eigenvalue weighted by Gasteiger charge is -2.27. The van der Waals surface area contributed by atoms with Crippen LogP contribution in [0.25, 0.3) is 0 Å². The standard InChI is InChI=1S/C14H21N3/c1-4-7-17-12(2)10-14(13(17)3)11-16-8-5-15-6-9-16/h1,10,15H,5-9,11H2,2-3H3. The van der Waals surface area contributed by atoms with E-state index in [-0.39, 0.29) is 0 Å². The number of aryl methyl sites for hydroxylation is 1. The van der Waals surface area contributed by atoms with E-state index in [9.17, 15) is 0 Å². The Labute approximate surface area is 104 Å². The van der Waals surface area contributed by atoms with Crippen molar-refractivity contribution in [2.45, 2.75) is 26.9 Å². The molecule has 1 aliphatic rings. The normalized spacial score (nSPS) is 17.0. The highest BCUT2D eigenvalue weighted by atomic mass is 15.2. The first-order chi connectivity index (χ1) is 8.22. The third-order valence-electron chi connectivity index (χ3n) is 3.53. The van der Waals surface area contributed by atoms with E-state index in [0.29, 0.717) is 6.54 Å². The van der Waals surface area contributed by atoms with E-state index < -0.39 is 0 Å². The molecule has 1 N–H and O–H groups in total. The molecular formula is C14H21N3. The lowest BCUT2D eigenvalue weighted by Crippen LogP contribution is -2.42. The predicted octanol–water partition coefficient (Wildman–Crippen LogP) is 1.14. The molecule has 0 bridgehead atoms. The van der Waals surface area contributed by atoms with Crippen LogP contribution in [0.4, 0.5) is 0 Å². The summed E-state index contributed by atoms with van der Waals surface area (Å²) in [5.74, 6) is 2.72. The largest absolute Gasteiger partial charge is 0.337 e. The molecular weight excluding hydrogens is 210 g/mol. The van der Waals surface area contributed by atoms with Crippen LogP contribution in [-0.4, -0.2) is 35.6 Å². The van der Waals surface area contributed by atoms with Gasteiger partial charge in [0.05, 0.1) is 6.54 Å². The minimum absolute atomic E-state index is 0.680. The highest BCUT2D eigenvalue weighted by Crippen LogP contribution is 2.17. The summed E-state index contributed by atoms with van der Waals surface area (Å²) in [5.41, 5.74) is 4.00. The lowest BCUT2D eigenvalue weighted by atomic mass is 10.2. The fraction of sp³-hybridized carbons (Fsp3) is 0.571. The van der Waals surface area contributed by atoms with E-state index in [1.807, 2.05) is 0 Å². The molecule has 1 saturated heterocycles. The van der Waals surface area contributed by atoms with Crippen molar-refractivity contribution in [3.63, 3.8) is 0 Å². The van der Waals surface area contributed by atoms with E-state index in [0.717, 1.165) is 32.7 Å². The summed E-state index contributed by atoms with van der Waals surface area (Å²) in [6.07, 6.45) is 5.40. The molecule has 0 atom stereocenters. The molecule has 0 unspecified atom stereocenters. The Hall–Kier alpha value is -1.24. The van der Waals surface area contributed by atoms with Crippen molar-refractivity contribution in [3.05, 3.63) is 23.0 Å². The first kappa shape index (κ1) is 12.2. The van der Waals surface area contributed by atoms with Crippen LogP contribution >= 0.6 is 0 Å². The molecule has 17 heavy (non-hydrogen) atoms. The summed E-state index contributed by atoms with van der Waals surface area (Å²) in [6, 6.07) is 2.27. The van der Waals surface area contributed by atoms with Crippen LogP contribution in [0.2, 0.25) is 0 Å². The number of hydrogen-bond acceptors (Lipinski definition) is 2. The van der Waals surface area contributed by atoms with Crippen molar-refractivity contribution in [1.29, 1.82) is 0 Å². The van der Waals surface area contributed by atoms with Gasteiger partial charge < -0.3 is 9.88 Å². The zero-order valence-corrected chi connectivity index (χ0v) is 10.8. The number of piperazine rings is 1. The molecule has 92 valence electrons. The topological polar surface area (TPSA) is 20.2 Å². The highest BCUT2D eigenvalue weighted by Gasteiger charge is 2.14. The Balaban J connectivity index is 2.10. The van der Waals surface area contributed by atoms with Gasteiger partial charge in [-0.15, -0.1) is 6.42 Å². The lowest BCUT2D eigenvalue weighted by molar-refractivity contribution is 0.233. The Bertz CT molecular complexity index is 419. The predicted molar refractivity (Wildman–Crippen MR) is 70.9 cm³/mol. The van der Waals surface area contributed by atoms with Crippen LogP contribution in [-0.2, 0) is 13.1 Å². The van der Waals surface area contributed by atoms with E-state index in [4.69, 9.17) is 6.42 Å². The van der Waals surface area contributed by atoms with Gasteiger partial charge in [0.25, 0.3) is 0 Å². The second-order valence-electron chi connectivity index (χ2n) is 4.71. The number of hydrogen-bond donors (Lipinski definition) is 1. The number of aromatic nitrogens is 1. The molecule has 3 nitrogen and oxygen atoms in total. The average Bonchev–Trinajstić information content (AvgIpc) is 2.59. The van der Waals surface area contributed by atoms with Gasteiger partial charge in [0.2, 0.25) is 0 Å². The Kier molecular flexibility index (Phi) is 3.88. The maximum Gasteiger partial charge on any atom is 0.0834 e. The van der Waals surface area contributed by atoms with Crippen molar-refractivity contribution in [2.24, 2.45) is 0 Å². The zero-order chi connectivity index (χ0) is 12.3. The third kappa shape index (κ3) is 2.71. The summed E-state index contributed by atoms with van der Waals surface area (Å²) in [7, 11) is 0. The van der Waals surface area contributed by atoms with Crippen molar-refractivity contribution >= 4 is 0 Å². The molecule has 1 aliphatic heterocycles. The minimum atomic E-state index is 0.680. The Morgan fingerprint density at radius 3 is 2.71 bits per heavy atom. The number of nitrogens with zero attached hydrogens (tertiary/aromatic N) is 2. The maximum absolute atomic E-state index is 5.40. The molecule has 2 rings (SSSR count). The summed E-state index contributed by atoms with van der Waals surface area (Å²) in [5, 5.41) is 3.38. The minimum Gasteiger partial charge on any atom is -0.337 e. The van der Waals surface area contributed by atoms with Gasteiger partial charge in [0, 0.05) is 44.1 Å². The number of terminal acetylenes is 1. The molecule has 3 heteroatoms. The third-order valence-corrected chi connectivity index (χ3v) is 3.53. The molecule has 0 radical (unpaired) electrons. The second kappa shape index (κ2) is 5.39. The molecule has 1 fully saturated rings. The van der Waals surface area contributed by atoms with Gasteiger partial charge in [-0.25, -0.2) is 0 Å². The Morgan fingerprint density at radius 1 is 1.35 bits per heavy atom. The fourth-order valence-electron chi connectivity index (χ4n) is 2.48. The second-order valence-corrected chi connectivity index (χ2v) is 4.71. The van der Waals surface area contributed by atoms with Gasteiger partial charge in [-0.05, 0) is 25.5 Å². The van der Waals surface area contributed by atoms with Gasteiger partial charge in [0.15, 0.2) is 0 Å². The van der Waals surface area contributed by atoms with E-state index >= 15 is 0 Å². The summed E-state index contributed by atoms with van der Waals surface area (Å²) >= 11 is 0. The van der Waals surface area contributed by atoms with Crippen LogP contribution in [0.5, 0.6) is 0 Å². The van der Waals surface area contributed by atoms with Gasteiger partial charge in [0.1, 0.15) is 0 Å². The highest BCUT2D eigenvalue weighted by molar-refractivity contribution is 5.27. The summed E-state index contributed by atoms with van der Waals surface area (Å²) in [4.78, 5) is 2.50. The number of rotatable bonds is 3. The quantitative estimate of drug-likeness (QED) is 0.787. The van der Waals surface area contributed by atoms with Gasteiger partial charge in [-0.2, -0.15) is 0 Å². The van der Waals surface area contributed by atoms with Crippen molar-refractivity contribution in [3.8, 4) is 12.3 Å². The van der Waals surface area contributed by atoms with Crippen molar-refractivity contribution < 1.29 is 0 Å². The molecule has 2 heterocycles. The van der Waals surface area contributed by atoms with Crippen LogP contribution < -0.4 is 5.32 Å². The van der Waals surface area contributed by atoms with E-state index in [2.05, 4.69) is 40.6 Å². The molecule has 0 aromatic carbocycles. The van der Waals surface area contributed by atoms with Gasteiger partial charge in [-0.3, -0.25) is 4.90 Å². The molecule has 1 aromatic rings. The first-order valence-electron chi connectivity index (χ1n) is 6.24. The van der Waals surface area contributed by atoms with Crippen LogP contribution in [0, 0.1) is 26.2 Å². The average molecular weight is 231 g/mol. The maximum atomic E-state index is 5.40. The first-order valence-corrected chi connectivity index (χ1v) is 6.24. The van der Waals surface area contributed by atoms with E-state index in [1.54, 1.807) is 0 Å². The molecule has 1 aromatic heterocycles. The molecule has 0 aliphatic carbocycles. The smallest absolute Gasteiger partial charge is 0.0834 e. The summed E-state index contributed by atoms with van der Waals surface area (Å²) in [6.45, 7) is 10.5. The van der Waals surface area contributed by atoms with E-state index in [1.165, 1.54) is 17.0 Å². The monoisotopic (exact) mass is 231 g/mol. The van der Waals surface area contributed by atoms with Crippen LogP contribution in [0.1, 0.15) is 17.0 Å². The number of nitrogens with one attached hydrogen (secondary N) is 1. The zero-order valence-electron chi connectivity index (χ0n) is 10.8. The van der Waals surface area contributed by atoms with Gasteiger partial charge in [-0.1, -0.05) is 5.92 Å². The van der Waals surface area contributed by atoms with Crippen LogP contribution in [0.3, 0.4) is 0 Å². The fourth-order valence-corrected chi connectivity index (χ4v) is 2.48.